The molecule has 1 heterocycles. The van der Waals surface area contributed by atoms with E-state index in [0.29, 0.717) is 13.0 Å². The molecule has 0 fully saturated rings. The van der Waals surface area contributed by atoms with Gasteiger partial charge in [0.15, 0.2) is 0 Å². The zero-order valence-electron chi connectivity index (χ0n) is 13.3. The standard InChI is InChI=1S/C15H24N4O3/c1-4-13(11-20)19(10-12-7-5-6-8-16-12)14(21)9-17-15(22)18(2)3/h5-8,13,20H,4,9-11H2,1-3H3,(H,17,22). The molecule has 3 amide bonds. The number of aliphatic hydroxyl groups is 1. The van der Waals surface area contributed by atoms with Crippen LogP contribution in [-0.4, -0.2) is 65.1 Å². The number of urea groups is 1. The van der Waals surface area contributed by atoms with E-state index in [-0.39, 0.29) is 31.1 Å². The van der Waals surface area contributed by atoms with Gasteiger partial charge in [-0.3, -0.25) is 9.78 Å². The molecule has 2 N–H and O–H groups in total. The third kappa shape index (κ3) is 5.33. The molecule has 0 bridgehead atoms. The van der Waals surface area contributed by atoms with Gasteiger partial charge in [0.1, 0.15) is 0 Å². The molecule has 0 radical (unpaired) electrons. The van der Waals surface area contributed by atoms with Crippen molar-refractivity contribution >= 4 is 11.9 Å². The lowest BCUT2D eigenvalue weighted by molar-refractivity contribution is -0.134. The summed E-state index contributed by atoms with van der Waals surface area (Å²) in [5.41, 5.74) is 0.738. The Morgan fingerprint density at radius 2 is 2.09 bits per heavy atom. The van der Waals surface area contributed by atoms with E-state index in [0.717, 1.165) is 5.69 Å². The van der Waals surface area contributed by atoms with Crippen molar-refractivity contribution in [2.24, 2.45) is 0 Å². The summed E-state index contributed by atoms with van der Waals surface area (Å²) in [7, 11) is 3.21. The lowest BCUT2D eigenvalue weighted by atomic mass is 10.2. The summed E-state index contributed by atoms with van der Waals surface area (Å²) in [6.45, 7) is 1.96. The predicted molar refractivity (Wildman–Crippen MR) is 83.0 cm³/mol. The molecule has 1 rings (SSSR count). The minimum absolute atomic E-state index is 0.111. The van der Waals surface area contributed by atoms with Gasteiger partial charge in [-0.2, -0.15) is 0 Å². The maximum Gasteiger partial charge on any atom is 0.317 e. The van der Waals surface area contributed by atoms with E-state index >= 15 is 0 Å². The van der Waals surface area contributed by atoms with E-state index in [1.54, 1.807) is 31.3 Å². The van der Waals surface area contributed by atoms with Gasteiger partial charge in [-0.25, -0.2) is 4.79 Å². The number of nitrogens with zero attached hydrogens (tertiary/aromatic N) is 3. The second-order valence-electron chi connectivity index (χ2n) is 5.14. The summed E-state index contributed by atoms with van der Waals surface area (Å²) in [4.78, 5) is 31.0. The van der Waals surface area contributed by atoms with Gasteiger partial charge in [-0.1, -0.05) is 13.0 Å². The molecule has 0 aromatic carbocycles. The van der Waals surface area contributed by atoms with E-state index in [9.17, 15) is 14.7 Å². The van der Waals surface area contributed by atoms with Crippen LogP contribution in [0.3, 0.4) is 0 Å². The van der Waals surface area contributed by atoms with E-state index in [4.69, 9.17) is 0 Å². The molecule has 1 aromatic rings. The van der Waals surface area contributed by atoms with Gasteiger partial charge < -0.3 is 20.2 Å². The Labute approximate surface area is 130 Å². The maximum atomic E-state index is 12.4. The fraction of sp³-hybridized carbons (Fsp3) is 0.533. The predicted octanol–water partition coefficient (Wildman–Crippen LogP) is 0.452. The molecule has 1 aromatic heterocycles. The quantitative estimate of drug-likeness (QED) is 0.766. The first-order chi connectivity index (χ1) is 10.5. The number of carbonyl (C=O) groups excluding carboxylic acids is 2. The largest absolute Gasteiger partial charge is 0.394 e. The summed E-state index contributed by atoms with van der Waals surface area (Å²) >= 11 is 0. The van der Waals surface area contributed by atoms with Crippen LogP contribution < -0.4 is 5.32 Å². The molecule has 0 aliphatic heterocycles. The van der Waals surface area contributed by atoms with Crippen LogP contribution in [0, 0.1) is 0 Å². The van der Waals surface area contributed by atoms with Crippen molar-refractivity contribution in [3.8, 4) is 0 Å². The molecule has 22 heavy (non-hydrogen) atoms. The molecule has 7 heteroatoms. The van der Waals surface area contributed by atoms with E-state index in [2.05, 4.69) is 10.3 Å². The van der Waals surface area contributed by atoms with Gasteiger partial charge in [0.05, 0.1) is 31.4 Å². The van der Waals surface area contributed by atoms with Crippen molar-refractivity contribution in [1.29, 1.82) is 0 Å². The lowest BCUT2D eigenvalue weighted by Crippen LogP contribution is -2.48. The summed E-state index contributed by atoms with van der Waals surface area (Å²) < 4.78 is 0. The highest BCUT2D eigenvalue weighted by Crippen LogP contribution is 2.09. The Morgan fingerprint density at radius 1 is 1.36 bits per heavy atom. The summed E-state index contributed by atoms with van der Waals surface area (Å²) in [6, 6.07) is 4.84. The Kier molecular flexibility index (Phi) is 7.31. The summed E-state index contributed by atoms with van der Waals surface area (Å²) in [5, 5.41) is 12.0. The third-order valence-corrected chi connectivity index (χ3v) is 3.30. The highest BCUT2D eigenvalue weighted by Gasteiger charge is 2.23. The van der Waals surface area contributed by atoms with Crippen LogP contribution in [0.2, 0.25) is 0 Å². The van der Waals surface area contributed by atoms with Crippen LogP contribution in [0.15, 0.2) is 24.4 Å². The Hall–Kier alpha value is -2.15. The number of hydrogen-bond donors (Lipinski definition) is 2. The number of aliphatic hydroxyl groups excluding tert-OH is 1. The summed E-state index contributed by atoms with van der Waals surface area (Å²) in [6.07, 6.45) is 2.28. The lowest BCUT2D eigenvalue weighted by Gasteiger charge is -2.30. The molecule has 1 atom stereocenters. The normalized spacial score (nSPS) is 11.6. The van der Waals surface area contributed by atoms with E-state index < -0.39 is 0 Å². The fourth-order valence-corrected chi connectivity index (χ4v) is 1.95. The second-order valence-corrected chi connectivity index (χ2v) is 5.14. The molecule has 7 nitrogen and oxygen atoms in total. The van der Waals surface area contributed by atoms with Crippen LogP contribution in [0.4, 0.5) is 4.79 Å². The number of rotatable bonds is 7. The molecule has 122 valence electrons. The fourth-order valence-electron chi connectivity index (χ4n) is 1.95. The SMILES string of the molecule is CCC(CO)N(Cc1ccccn1)C(=O)CNC(=O)N(C)C. The van der Waals surface area contributed by atoms with Crippen LogP contribution in [0.25, 0.3) is 0 Å². The van der Waals surface area contributed by atoms with Gasteiger partial charge in [-0.05, 0) is 18.6 Å². The molecular formula is C15H24N4O3. The molecular weight excluding hydrogens is 284 g/mol. The van der Waals surface area contributed by atoms with Gasteiger partial charge >= 0.3 is 6.03 Å². The Bertz CT molecular complexity index is 475. The maximum absolute atomic E-state index is 12.4. The smallest absolute Gasteiger partial charge is 0.317 e. The number of pyridine rings is 1. The number of amides is 3. The van der Waals surface area contributed by atoms with E-state index in [1.165, 1.54) is 4.90 Å². The van der Waals surface area contributed by atoms with Crippen molar-refractivity contribution in [2.75, 3.05) is 27.2 Å². The average Bonchev–Trinajstić information content (AvgIpc) is 2.53. The molecule has 1 unspecified atom stereocenters. The van der Waals surface area contributed by atoms with Gasteiger partial charge in [0.25, 0.3) is 0 Å². The van der Waals surface area contributed by atoms with Crippen molar-refractivity contribution < 1.29 is 14.7 Å². The molecule has 0 aliphatic rings. The second kappa shape index (κ2) is 8.99. The number of carbonyl (C=O) groups is 2. The first-order valence-corrected chi connectivity index (χ1v) is 7.25. The zero-order chi connectivity index (χ0) is 16.5. The van der Waals surface area contributed by atoms with Gasteiger partial charge in [0.2, 0.25) is 5.91 Å². The first-order valence-electron chi connectivity index (χ1n) is 7.25. The highest BCUT2D eigenvalue weighted by atomic mass is 16.3. The van der Waals surface area contributed by atoms with Crippen LogP contribution >= 0.6 is 0 Å². The van der Waals surface area contributed by atoms with Crippen LogP contribution in [0.1, 0.15) is 19.0 Å². The number of nitrogens with one attached hydrogen (secondary N) is 1. The number of hydrogen-bond acceptors (Lipinski definition) is 4. The van der Waals surface area contributed by atoms with Crippen molar-refractivity contribution in [3.05, 3.63) is 30.1 Å². The molecule has 0 saturated heterocycles. The van der Waals surface area contributed by atoms with Crippen molar-refractivity contribution in [2.45, 2.75) is 25.9 Å². The van der Waals surface area contributed by atoms with Gasteiger partial charge in [-0.15, -0.1) is 0 Å². The third-order valence-electron chi connectivity index (χ3n) is 3.30. The minimum Gasteiger partial charge on any atom is -0.394 e. The average molecular weight is 308 g/mol. The minimum atomic E-state index is -0.330. The Morgan fingerprint density at radius 3 is 2.59 bits per heavy atom. The molecule has 0 spiro atoms. The van der Waals surface area contributed by atoms with Crippen LogP contribution in [0.5, 0.6) is 0 Å². The highest BCUT2D eigenvalue weighted by molar-refractivity contribution is 5.84. The zero-order valence-corrected chi connectivity index (χ0v) is 13.3. The molecule has 0 saturated carbocycles. The summed E-state index contributed by atoms with van der Waals surface area (Å²) in [5.74, 6) is -0.248. The van der Waals surface area contributed by atoms with E-state index in [1.807, 2.05) is 19.1 Å². The number of aromatic nitrogens is 1. The monoisotopic (exact) mass is 308 g/mol. The molecule has 0 aliphatic carbocycles. The Balaban J connectivity index is 2.76. The van der Waals surface area contributed by atoms with Crippen molar-refractivity contribution in [3.63, 3.8) is 0 Å². The van der Waals surface area contributed by atoms with Crippen LogP contribution in [-0.2, 0) is 11.3 Å². The topological polar surface area (TPSA) is 85.8 Å². The first kappa shape index (κ1) is 17.9. The van der Waals surface area contributed by atoms with Crippen molar-refractivity contribution in [1.82, 2.24) is 20.1 Å². The van der Waals surface area contributed by atoms with Gasteiger partial charge in [0, 0.05) is 20.3 Å².